The molecule has 0 N–H and O–H groups in total. The zero-order valence-electron chi connectivity index (χ0n) is 7.77. The Morgan fingerprint density at radius 3 is 2.36 bits per heavy atom. The molecule has 0 aliphatic carbocycles. The van der Waals surface area contributed by atoms with Gasteiger partial charge < -0.3 is 9.47 Å². The third-order valence-electron chi connectivity index (χ3n) is 1.57. The van der Waals surface area contributed by atoms with Crippen molar-refractivity contribution >= 4 is 0 Å². The van der Waals surface area contributed by atoms with Gasteiger partial charge in [-0.1, -0.05) is 26.2 Å². The van der Waals surface area contributed by atoms with Gasteiger partial charge in [-0.15, -0.1) is 0 Å². The topological polar surface area (TPSA) is 18.5 Å². The fraction of sp³-hybridized carbons (Fsp3) is 1.00. The molecule has 0 unspecified atom stereocenters. The molecule has 0 aromatic carbocycles. The maximum absolute atomic E-state index is 5.30. The zero-order valence-corrected chi connectivity index (χ0v) is 7.77. The number of methoxy groups -OCH3 is 1. The number of hydrogen-bond donors (Lipinski definition) is 0. The Labute approximate surface area is 69.9 Å². The Hall–Kier alpha value is -0.0800. The smallest absolute Gasteiger partial charge is 0.0700 e. The molecular formula is C9H20O2. The first-order valence-corrected chi connectivity index (χ1v) is 4.48. The lowest BCUT2D eigenvalue weighted by Crippen LogP contribution is -2.02. The van der Waals surface area contributed by atoms with E-state index < -0.39 is 0 Å². The average Bonchev–Trinajstić information content (AvgIpc) is 2.03. The van der Waals surface area contributed by atoms with E-state index in [4.69, 9.17) is 9.47 Å². The quantitative estimate of drug-likeness (QED) is 0.507. The van der Waals surface area contributed by atoms with Crippen LogP contribution in [0.5, 0.6) is 0 Å². The molecule has 0 bridgehead atoms. The fourth-order valence-corrected chi connectivity index (χ4v) is 0.875. The molecular weight excluding hydrogens is 140 g/mol. The second-order valence-corrected chi connectivity index (χ2v) is 2.67. The molecule has 0 spiro atoms. The zero-order chi connectivity index (χ0) is 8.36. The summed E-state index contributed by atoms with van der Waals surface area (Å²) in [6, 6.07) is 0. The largest absolute Gasteiger partial charge is 0.382 e. The number of unbranched alkanes of at least 4 members (excludes halogenated alkanes) is 3. The third kappa shape index (κ3) is 9.92. The lowest BCUT2D eigenvalue weighted by Gasteiger charge is -2.02. The van der Waals surface area contributed by atoms with Crippen molar-refractivity contribution in [2.75, 3.05) is 26.9 Å². The highest BCUT2D eigenvalue weighted by molar-refractivity contribution is 4.39. The molecule has 2 nitrogen and oxygen atoms in total. The number of rotatable bonds is 8. The van der Waals surface area contributed by atoms with Gasteiger partial charge in [0.05, 0.1) is 13.2 Å². The molecule has 11 heavy (non-hydrogen) atoms. The van der Waals surface area contributed by atoms with Crippen LogP contribution >= 0.6 is 0 Å². The SMILES string of the molecule is CCCCCCOCCOC. The van der Waals surface area contributed by atoms with Gasteiger partial charge in [-0.05, 0) is 6.42 Å². The highest BCUT2D eigenvalue weighted by Crippen LogP contribution is 1.98. The van der Waals surface area contributed by atoms with Crippen LogP contribution in [-0.2, 0) is 9.47 Å². The summed E-state index contributed by atoms with van der Waals surface area (Å²) in [7, 11) is 1.69. The molecule has 0 aliphatic rings. The van der Waals surface area contributed by atoms with Gasteiger partial charge in [0.25, 0.3) is 0 Å². The van der Waals surface area contributed by atoms with Crippen LogP contribution in [0.3, 0.4) is 0 Å². The van der Waals surface area contributed by atoms with Crippen molar-refractivity contribution in [1.82, 2.24) is 0 Å². The highest BCUT2D eigenvalue weighted by Gasteiger charge is 1.88. The van der Waals surface area contributed by atoms with E-state index in [-0.39, 0.29) is 0 Å². The molecule has 0 radical (unpaired) electrons. The van der Waals surface area contributed by atoms with E-state index in [0.717, 1.165) is 13.2 Å². The molecule has 0 aromatic rings. The molecule has 0 saturated heterocycles. The van der Waals surface area contributed by atoms with E-state index in [2.05, 4.69) is 6.92 Å². The fourth-order valence-electron chi connectivity index (χ4n) is 0.875. The first kappa shape index (κ1) is 10.9. The molecule has 2 heteroatoms. The first-order valence-electron chi connectivity index (χ1n) is 4.48. The van der Waals surface area contributed by atoms with E-state index in [1.807, 2.05) is 0 Å². The van der Waals surface area contributed by atoms with Gasteiger partial charge in [0.2, 0.25) is 0 Å². The van der Waals surface area contributed by atoms with E-state index in [1.54, 1.807) is 7.11 Å². The lowest BCUT2D eigenvalue weighted by molar-refractivity contribution is 0.0686. The summed E-state index contributed by atoms with van der Waals surface area (Å²) in [5.74, 6) is 0. The Bertz CT molecular complexity index is 56.6. The molecule has 0 aromatic heterocycles. The summed E-state index contributed by atoms with van der Waals surface area (Å²) < 4.78 is 10.1. The van der Waals surface area contributed by atoms with Crippen LogP contribution in [0.25, 0.3) is 0 Å². The molecule has 0 heterocycles. The van der Waals surface area contributed by atoms with Crippen LogP contribution in [0.15, 0.2) is 0 Å². The van der Waals surface area contributed by atoms with Crippen molar-refractivity contribution in [2.24, 2.45) is 0 Å². The van der Waals surface area contributed by atoms with E-state index >= 15 is 0 Å². The third-order valence-corrected chi connectivity index (χ3v) is 1.57. The highest BCUT2D eigenvalue weighted by atomic mass is 16.5. The predicted octanol–water partition coefficient (Wildman–Crippen LogP) is 2.23. The first-order chi connectivity index (χ1) is 5.41. The monoisotopic (exact) mass is 160 g/mol. The second kappa shape index (κ2) is 9.92. The van der Waals surface area contributed by atoms with E-state index in [9.17, 15) is 0 Å². The molecule has 0 saturated carbocycles. The summed E-state index contributed by atoms with van der Waals surface area (Å²) >= 11 is 0. The Morgan fingerprint density at radius 2 is 1.73 bits per heavy atom. The Kier molecular flexibility index (Phi) is 9.85. The molecule has 68 valence electrons. The van der Waals surface area contributed by atoms with Gasteiger partial charge in [-0.25, -0.2) is 0 Å². The minimum absolute atomic E-state index is 0.716. The van der Waals surface area contributed by atoms with Gasteiger partial charge >= 0.3 is 0 Å². The molecule has 0 aliphatic heterocycles. The van der Waals surface area contributed by atoms with Crippen LogP contribution in [0, 0.1) is 0 Å². The van der Waals surface area contributed by atoms with Crippen LogP contribution in [-0.4, -0.2) is 26.9 Å². The van der Waals surface area contributed by atoms with Crippen molar-refractivity contribution in [1.29, 1.82) is 0 Å². The average molecular weight is 160 g/mol. The van der Waals surface area contributed by atoms with Crippen LogP contribution in [0.4, 0.5) is 0 Å². The minimum Gasteiger partial charge on any atom is -0.382 e. The van der Waals surface area contributed by atoms with Gasteiger partial charge in [0, 0.05) is 13.7 Å². The van der Waals surface area contributed by atoms with Crippen molar-refractivity contribution in [3.05, 3.63) is 0 Å². The van der Waals surface area contributed by atoms with Gasteiger partial charge in [-0.3, -0.25) is 0 Å². The molecule has 0 amide bonds. The number of ether oxygens (including phenoxy) is 2. The lowest BCUT2D eigenvalue weighted by atomic mass is 10.2. The van der Waals surface area contributed by atoms with Crippen LogP contribution < -0.4 is 0 Å². The molecule has 0 fully saturated rings. The van der Waals surface area contributed by atoms with Crippen molar-refractivity contribution in [2.45, 2.75) is 32.6 Å². The summed E-state index contributed by atoms with van der Waals surface area (Å²) in [5, 5.41) is 0. The number of hydrogen-bond acceptors (Lipinski definition) is 2. The maximum Gasteiger partial charge on any atom is 0.0700 e. The van der Waals surface area contributed by atoms with E-state index in [1.165, 1.54) is 25.7 Å². The maximum atomic E-state index is 5.30. The molecule has 0 rings (SSSR count). The molecule has 0 atom stereocenters. The summed E-state index contributed by atoms with van der Waals surface area (Å²) in [5.41, 5.74) is 0. The minimum atomic E-state index is 0.716. The second-order valence-electron chi connectivity index (χ2n) is 2.67. The van der Waals surface area contributed by atoms with Crippen LogP contribution in [0.1, 0.15) is 32.6 Å². The Morgan fingerprint density at radius 1 is 0.909 bits per heavy atom. The summed E-state index contributed by atoms with van der Waals surface area (Å²) in [6.07, 6.45) is 5.10. The Balaban J connectivity index is 2.69. The summed E-state index contributed by atoms with van der Waals surface area (Å²) in [6.45, 7) is 4.56. The standard InChI is InChI=1S/C9H20O2/c1-3-4-5-6-7-11-9-8-10-2/h3-9H2,1-2H3. The predicted molar refractivity (Wildman–Crippen MR) is 46.8 cm³/mol. The van der Waals surface area contributed by atoms with Crippen molar-refractivity contribution in [3.63, 3.8) is 0 Å². The van der Waals surface area contributed by atoms with Crippen molar-refractivity contribution < 1.29 is 9.47 Å². The van der Waals surface area contributed by atoms with Gasteiger partial charge in [-0.2, -0.15) is 0 Å². The van der Waals surface area contributed by atoms with Gasteiger partial charge in [0.1, 0.15) is 0 Å². The normalized spacial score (nSPS) is 10.4. The summed E-state index contributed by atoms with van der Waals surface area (Å²) in [4.78, 5) is 0. The van der Waals surface area contributed by atoms with Crippen LogP contribution in [0.2, 0.25) is 0 Å². The van der Waals surface area contributed by atoms with E-state index in [0.29, 0.717) is 6.61 Å². The van der Waals surface area contributed by atoms with Gasteiger partial charge in [0.15, 0.2) is 0 Å². The van der Waals surface area contributed by atoms with Crippen molar-refractivity contribution in [3.8, 4) is 0 Å².